The van der Waals surface area contributed by atoms with Gasteiger partial charge in [0, 0.05) is 60.7 Å². The minimum atomic E-state index is -0.991. The molecule has 1 aromatic carbocycles. The van der Waals surface area contributed by atoms with Crippen LogP contribution in [0.5, 0.6) is 0 Å². The first kappa shape index (κ1) is 27.5. The molecule has 3 N–H and O–H groups in total. The Morgan fingerprint density at radius 1 is 1.24 bits per heavy atom. The van der Waals surface area contributed by atoms with Gasteiger partial charge in [0.15, 0.2) is 0 Å². The molecular weight excluding hydrogens is 507 g/mol. The SMILES string of the molecule is C=CC/C(NC(=O)Nc1cc(F)ccc1F)=C(F)\C=C(\Cl)Cc1cc2cnc(NC)cc2n(CC)c1=O. The third-order valence-electron chi connectivity index (χ3n) is 5.35. The van der Waals surface area contributed by atoms with Crippen molar-refractivity contribution < 1.29 is 18.0 Å². The van der Waals surface area contributed by atoms with E-state index in [1.165, 1.54) is 6.08 Å². The average Bonchev–Trinajstić information content (AvgIpc) is 2.86. The molecule has 194 valence electrons. The van der Waals surface area contributed by atoms with E-state index in [1.54, 1.807) is 29.9 Å². The summed E-state index contributed by atoms with van der Waals surface area (Å²) in [7, 11) is 1.72. The first-order chi connectivity index (χ1) is 17.7. The molecule has 0 spiro atoms. The summed E-state index contributed by atoms with van der Waals surface area (Å²) in [6.07, 6.45) is 3.78. The van der Waals surface area contributed by atoms with Crippen LogP contribution in [0.4, 0.5) is 29.5 Å². The van der Waals surface area contributed by atoms with Gasteiger partial charge in [-0.25, -0.2) is 22.9 Å². The largest absolute Gasteiger partial charge is 0.373 e. The summed E-state index contributed by atoms with van der Waals surface area (Å²) in [5, 5.41) is 8.02. The fourth-order valence-corrected chi connectivity index (χ4v) is 3.84. The number of nitrogens with zero attached hydrogens (tertiary/aromatic N) is 2. The molecule has 2 heterocycles. The molecule has 0 saturated heterocycles. The molecule has 3 aromatic rings. The van der Waals surface area contributed by atoms with Gasteiger partial charge in [0.2, 0.25) is 0 Å². The van der Waals surface area contributed by atoms with E-state index in [4.69, 9.17) is 11.6 Å². The number of anilines is 2. The maximum Gasteiger partial charge on any atom is 0.323 e. The lowest BCUT2D eigenvalue weighted by molar-refractivity contribution is 0.253. The van der Waals surface area contributed by atoms with Crippen molar-refractivity contribution in [3.8, 4) is 0 Å². The van der Waals surface area contributed by atoms with E-state index in [2.05, 4.69) is 27.5 Å². The number of urea groups is 1. The molecule has 0 aliphatic rings. The first-order valence-corrected chi connectivity index (χ1v) is 11.6. The standard InChI is InChI=1S/C26H25ClF3N5O2/c1-4-6-21(33-26(37)34-22-12-18(28)7-8-19(22)29)20(30)11-17(27)10-15-9-16-14-32-24(31-3)13-23(16)35(5-2)25(15)36/h4,7-9,11-14H,1,5-6,10H2,2-3H3,(H,31,32)(H2,33,34,37)/b17-11+,21-20-. The van der Waals surface area contributed by atoms with E-state index in [9.17, 15) is 18.4 Å². The fourth-order valence-electron chi connectivity index (χ4n) is 3.60. The Kier molecular flexibility index (Phi) is 9.13. The second-order valence-electron chi connectivity index (χ2n) is 7.89. The summed E-state index contributed by atoms with van der Waals surface area (Å²) >= 11 is 6.29. The van der Waals surface area contributed by atoms with Gasteiger partial charge in [-0.2, -0.15) is 0 Å². The van der Waals surface area contributed by atoms with E-state index in [-0.39, 0.29) is 29.1 Å². The average molecular weight is 532 g/mol. The van der Waals surface area contributed by atoms with Gasteiger partial charge in [0.25, 0.3) is 5.56 Å². The van der Waals surface area contributed by atoms with Crippen molar-refractivity contribution in [2.24, 2.45) is 0 Å². The van der Waals surface area contributed by atoms with E-state index in [0.29, 0.717) is 28.8 Å². The second-order valence-corrected chi connectivity index (χ2v) is 8.37. The molecule has 0 aliphatic heterocycles. The number of aromatic nitrogens is 2. The lowest BCUT2D eigenvalue weighted by atomic mass is 10.1. The van der Waals surface area contributed by atoms with E-state index < -0.39 is 29.2 Å². The quantitative estimate of drug-likeness (QED) is 0.234. The van der Waals surface area contributed by atoms with Crippen molar-refractivity contribution >= 4 is 40.0 Å². The van der Waals surface area contributed by atoms with Crippen LogP contribution in [0.3, 0.4) is 0 Å². The highest BCUT2D eigenvalue weighted by Gasteiger charge is 2.14. The summed E-state index contributed by atoms with van der Waals surface area (Å²) in [6, 6.07) is 4.96. The fraction of sp³-hybridized carbons (Fsp3) is 0.192. The number of hydrogen-bond donors (Lipinski definition) is 3. The summed E-state index contributed by atoms with van der Waals surface area (Å²) in [6.45, 7) is 5.76. The van der Waals surface area contributed by atoms with Gasteiger partial charge in [-0.3, -0.25) is 4.79 Å². The highest BCUT2D eigenvalue weighted by atomic mass is 35.5. The smallest absolute Gasteiger partial charge is 0.323 e. The summed E-state index contributed by atoms with van der Waals surface area (Å²) in [5.74, 6) is -1.90. The van der Waals surface area contributed by atoms with Crippen molar-refractivity contribution in [1.82, 2.24) is 14.9 Å². The van der Waals surface area contributed by atoms with Crippen molar-refractivity contribution in [2.45, 2.75) is 26.3 Å². The maximum atomic E-state index is 15.0. The van der Waals surface area contributed by atoms with E-state index in [1.807, 2.05) is 6.92 Å². The van der Waals surface area contributed by atoms with Crippen LogP contribution in [0.1, 0.15) is 18.9 Å². The number of carbonyl (C=O) groups excluding carboxylic acids is 1. The normalized spacial score (nSPS) is 12.2. The molecule has 2 amide bonds. The zero-order valence-electron chi connectivity index (χ0n) is 20.2. The Hall–Kier alpha value is -4.05. The van der Waals surface area contributed by atoms with Gasteiger partial charge in [0.05, 0.1) is 16.9 Å². The molecule has 0 radical (unpaired) electrons. The Labute approximate surface area is 216 Å². The minimum Gasteiger partial charge on any atom is -0.373 e. The van der Waals surface area contributed by atoms with Gasteiger partial charge in [0.1, 0.15) is 23.3 Å². The summed E-state index contributed by atoms with van der Waals surface area (Å²) < 4.78 is 43.8. The van der Waals surface area contributed by atoms with Gasteiger partial charge in [-0.1, -0.05) is 17.7 Å². The van der Waals surface area contributed by atoms with Gasteiger partial charge in [-0.05, 0) is 31.2 Å². The lowest BCUT2D eigenvalue weighted by Gasteiger charge is -2.12. The zero-order valence-corrected chi connectivity index (χ0v) is 20.9. The van der Waals surface area contributed by atoms with Gasteiger partial charge >= 0.3 is 6.03 Å². The number of benzene rings is 1. The maximum absolute atomic E-state index is 15.0. The molecule has 7 nitrogen and oxygen atoms in total. The highest BCUT2D eigenvalue weighted by Crippen LogP contribution is 2.21. The summed E-state index contributed by atoms with van der Waals surface area (Å²) in [5.41, 5.74) is 0.125. The van der Waals surface area contributed by atoms with Crippen molar-refractivity contribution in [1.29, 1.82) is 0 Å². The zero-order chi connectivity index (χ0) is 27.1. The Balaban J connectivity index is 1.86. The molecule has 0 saturated carbocycles. The third kappa shape index (κ3) is 6.79. The number of fused-ring (bicyclic) bond motifs is 1. The van der Waals surface area contributed by atoms with E-state index in [0.717, 1.165) is 24.3 Å². The number of amides is 2. The summed E-state index contributed by atoms with van der Waals surface area (Å²) in [4.78, 5) is 29.6. The van der Waals surface area contributed by atoms with Crippen LogP contribution >= 0.6 is 11.6 Å². The predicted molar refractivity (Wildman–Crippen MR) is 140 cm³/mol. The molecule has 0 fully saturated rings. The molecule has 0 atom stereocenters. The lowest BCUT2D eigenvalue weighted by Crippen LogP contribution is -2.29. The Morgan fingerprint density at radius 2 is 2.00 bits per heavy atom. The molecule has 37 heavy (non-hydrogen) atoms. The first-order valence-electron chi connectivity index (χ1n) is 11.3. The van der Waals surface area contributed by atoms with Crippen LogP contribution < -0.4 is 21.5 Å². The number of pyridine rings is 2. The molecule has 0 aliphatic carbocycles. The van der Waals surface area contributed by atoms with Crippen molar-refractivity contribution in [3.05, 3.63) is 99.4 Å². The third-order valence-corrected chi connectivity index (χ3v) is 5.59. The number of aryl methyl sites for hydroxylation is 1. The number of allylic oxidation sites excluding steroid dienone is 4. The highest BCUT2D eigenvalue weighted by molar-refractivity contribution is 6.29. The van der Waals surface area contributed by atoms with Crippen LogP contribution in [0.25, 0.3) is 10.9 Å². The van der Waals surface area contributed by atoms with E-state index >= 15 is 4.39 Å². The molecule has 2 aromatic heterocycles. The number of carbonyl (C=O) groups is 1. The van der Waals surface area contributed by atoms with Gasteiger partial charge < -0.3 is 20.5 Å². The van der Waals surface area contributed by atoms with Crippen LogP contribution in [0.15, 0.2) is 76.6 Å². The number of rotatable bonds is 9. The number of halogens is 4. The van der Waals surface area contributed by atoms with Crippen LogP contribution in [-0.4, -0.2) is 22.6 Å². The van der Waals surface area contributed by atoms with Crippen molar-refractivity contribution in [2.75, 3.05) is 17.7 Å². The predicted octanol–water partition coefficient (Wildman–Crippen LogP) is 5.98. The second kappa shape index (κ2) is 12.3. The minimum absolute atomic E-state index is 0.00338. The molecular formula is C26H25ClF3N5O2. The molecule has 0 bridgehead atoms. The van der Waals surface area contributed by atoms with Crippen LogP contribution in [0.2, 0.25) is 0 Å². The number of nitrogens with one attached hydrogen (secondary N) is 3. The Morgan fingerprint density at radius 3 is 2.68 bits per heavy atom. The number of hydrogen-bond acceptors (Lipinski definition) is 4. The molecule has 11 heteroatoms. The monoisotopic (exact) mass is 531 g/mol. The van der Waals surface area contributed by atoms with Crippen LogP contribution in [-0.2, 0) is 13.0 Å². The van der Waals surface area contributed by atoms with Crippen molar-refractivity contribution in [3.63, 3.8) is 0 Å². The molecule has 3 rings (SSSR count). The topological polar surface area (TPSA) is 88.0 Å². The molecule has 0 unspecified atom stereocenters. The Bertz CT molecular complexity index is 1470. The van der Waals surface area contributed by atoms with Crippen LogP contribution in [0, 0.1) is 11.6 Å². The van der Waals surface area contributed by atoms with Gasteiger partial charge in [-0.15, -0.1) is 6.58 Å².